The smallest absolute Gasteiger partial charge is 0.326 e. The molecule has 1 aliphatic rings. The number of amides is 2. The number of terminal acetylenes is 1. The van der Waals surface area contributed by atoms with Gasteiger partial charge in [0, 0.05) is 10.0 Å². The van der Waals surface area contributed by atoms with Crippen LogP contribution in [0.25, 0.3) is 6.08 Å². The van der Waals surface area contributed by atoms with Gasteiger partial charge in [-0.25, -0.2) is 0 Å². The summed E-state index contributed by atoms with van der Waals surface area (Å²) in [5.74, 6) is 1.94. The fourth-order valence-electron chi connectivity index (χ4n) is 2.40. The van der Waals surface area contributed by atoms with Crippen molar-refractivity contribution in [3.8, 4) is 23.8 Å². The van der Waals surface area contributed by atoms with Crippen molar-refractivity contribution in [2.75, 3.05) is 26.9 Å². The number of carbonyl (C=O) groups excluding carboxylic acids is 3. The first-order valence-corrected chi connectivity index (χ1v) is 10.4. The van der Waals surface area contributed by atoms with Gasteiger partial charge in [-0.2, -0.15) is 0 Å². The molecule has 0 unspecified atom stereocenters. The molecule has 0 bridgehead atoms. The quantitative estimate of drug-likeness (QED) is 0.229. The van der Waals surface area contributed by atoms with Crippen LogP contribution in [0.1, 0.15) is 25.3 Å². The van der Waals surface area contributed by atoms with Gasteiger partial charge >= 0.3 is 5.97 Å². The predicted molar refractivity (Wildman–Crippen MR) is 114 cm³/mol. The fourth-order valence-corrected chi connectivity index (χ4v) is 3.68. The van der Waals surface area contributed by atoms with Gasteiger partial charge in [0.05, 0.1) is 18.6 Å². The van der Waals surface area contributed by atoms with Crippen LogP contribution in [0, 0.1) is 12.3 Å². The highest BCUT2D eigenvalue weighted by Gasteiger charge is 2.37. The number of esters is 1. The van der Waals surface area contributed by atoms with Crippen molar-refractivity contribution in [3.05, 3.63) is 27.1 Å². The molecule has 1 fully saturated rings. The van der Waals surface area contributed by atoms with Gasteiger partial charge in [-0.3, -0.25) is 19.3 Å². The number of imide groups is 1. The van der Waals surface area contributed by atoms with Crippen molar-refractivity contribution in [1.29, 1.82) is 0 Å². The molecule has 1 aromatic rings. The van der Waals surface area contributed by atoms with Crippen LogP contribution in [0.4, 0.5) is 4.79 Å². The van der Waals surface area contributed by atoms with Crippen molar-refractivity contribution in [2.45, 2.75) is 19.8 Å². The number of rotatable bonds is 9. The van der Waals surface area contributed by atoms with Crippen molar-refractivity contribution < 1.29 is 28.6 Å². The SMILES string of the molecule is C#CCOc1c(/C=C2/SC(=O)N(CC(=O)OCCCC)C2=O)cc(Br)cc1OC. The minimum Gasteiger partial charge on any atom is -0.493 e. The van der Waals surface area contributed by atoms with E-state index >= 15 is 0 Å². The molecule has 1 heterocycles. The summed E-state index contributed by atoms with van der Waals surface area (Å²) in [6, 6.07) is 3.41. The zero-order valence-electron chi connectivity index (χ0n) is 16.0. The Hall–Kier alpha value is -2.44. The average molecular weight is 482 g/mol. The molecule has 1 aromatic carbocycles. The molecular formula is C20H20BrNO6S. The van der Waals surface area contributed by atoms with Crippen LogP contribution in [-0.2, 0) is 14.3 Å². The van der Waals surface area contributed by atoms with Crippen molar-refractivity contribution in [2.24, 2.45) is 0 Å². The van der Waals surface area contributed by atoms with Crippen molar-refractivity contribution >= 4 is 50.9 Å². The number of methoxy groups -OCH3 is 1. The molecule has 154 valence electrons. The topological polar surface area (TPSA) is 82.1 Å². The van der Waals surface area contributed by atoms with Gasteiger partial charge in [0.1, 0.15) is 13.2 Å². The molecule has 29 heavy (non-hydrogen) atoms. The monoisotopic (exact) mass is 481 g/mol. The van der Waals surface area contributed by atoms with E-state index in [1.807, 2.05) is 6.92 Å². The van der Waals surface area contributed by atoms with Crippen LogP contribution in [0.2, 0.25) is 0 Å². The second kappa shape index (κ2) is 10.9. The first kappa shape index (κ1) is 22.8. The molecule has 7 nitrogen and oxygen atoms in total. The summed E-state index contributed by atoms with van der Waals surface area (Å²) in [6.07, 6.45) is 8.37. The number of unbranched alkanes of at least 4 members (excludes halogenated alkanes) is 1. The second-order valence-corrected chi connectivity index (χ2v) is 7.77. The number of carbonyl (C=O) groups is 3. The van der Waals surface area contributed by atoms with E-state index in [-0.39, 0.29) is 18.1 Å². The molecule has 0 spiro atoms. The van der Waals surface area contributed by atoms with Crippen molar-refractivity contribution in [3.63, 3.8) is 0 Å². The minimum absolute atomic E-state index is 0.00388. The molecule has 9 heteroatoms. The van der Waals surface area contributed by atoms with Crippen LogP contribution in [0.5, 0.6) is 11.5 Å². The largest absolute Gasteiger partial charge is 0.493 e. The molecule has 0 atom stereocenters. The van der Waals surface area contributed by atoms with E-state index in [0.717, 1.165) is 29.5 Å². The highest BCUT2D eigenvalue weighted by atomic mass is 79.9. The van der Waals surface area contributed by atoms with Gasteiger partial charge in [-0.1, -0.05) is 35.2 Å². The van der Waals surface area contributed by atoms with E-state index in [0.29, 0.717) is 21.5 Å². The maximum Gasteiger partial charge on any atom is 0.326 e. The van der Waals surface area contributed by atoms with Crippen LogP contribution in [-0.4, -0.2) is 48.9 Å². The lowest BCUT2D eigenvalue weighted by Gasteiger charge is -2.13. The Balaban J connectivity index is 2.26. The number of benzene rings is 1. The van der Waals surface area contributed by atoms with E-state index in [1.165, 1.54) is 13.2 Å². The van der Waals surface area contributed by atoms with Gasteiger partial charge in [0.15, 0.2) is 11.5 Å². The van der Waals surface area contributed by atoms with Crippen LogP contribution in [0.3, 0.4) is 0 Å². The lowest BCUT2D eigenvalue weighted by molar-refractivity contribution is -0.146. The fraction of sp³-hybridized carbons (Fsp3) is 0.350. The normalized spacial score (nSPS) is 14.8. The molecular weight excluding hydrogens is 462 g/mol. The average Bonchev–Trinajstić information content (AvgIpc) is 2.94. The van der Waals surface area contributed by atoms with Gasteiger partial charge in [0.25, 0.3) is 11.1 Å². The van der Waals surface area contributed by atoms with E-state index in [1.54, 1.807) is 12.1 Å². The third-order valence-electron chi connectivity index (χ3n) is 3.78. The number of hydrogen-bond acceptors (Lipinski definition) is 7. The van der Waals surface area contributed by atoms with Gasteiger partial charge in [-0.05, 0) is 36.4 Å². The lowest BCUT2D eigenvalue weighted by atomic mass is 10.1. The number of hydrogen-bond donors (Lipinski definition) is 0. The molecule has 0 N–H and O–H groups in total. The zero-order chi connectivity index (χ0) is 21.4. The molecule has 1 aliphatic heterocycles. The zero-order valence-corrected chi connectivity index (χ0v) is 18.4. The third kappa shape index (κ3) is 6.02. The Morgan fingerprint density at radius 3 is 2.79 bits per heavy atom. The Labute approximate surface area is 181 Å². The summed E-state index contributed by atoms with van der Waals surface area (Å²) in [6.45, 7) is 1.81. The summed E-state index contributed by atoms with van der Waals surface area (Å²) in [7, 11) is 1.48. The maximum absolute atomic E-state index is 12.6. The van der Waals surface area contributed by atoms with Crippen LogP contribution < -0.4 is 9.47 Å². The number of ether oxygens (including phenoxy) is 3. The lowest BCUT2D eigenvalue weighted by Crippen LogP contribution is -2.34. The Kier molecular flexibility index (Phi) is 8.61. The third-order valence-corrected chi connectivity index (χ3v) is 5.14. The van der Waals surface area contributed by atoms with Gasteiger partial charge in [0.2, 0.25) is 0 Å². The van der Waals surface area contributed by atoms with Gasteiger partial charge in [-0.15, -0.1) is 6.42 Å². The number of nitrogens with zero attached hydrogens (tertiary/aromatic N) is 1. The number of thioether (sulfide) groups is 1. The molecule has 0 radical (unpaired) electrons. The summed E-state index contributed by atoms with van der Waals surface area (Å²) in [5.41, 5.74) is 0.502. The first-order valence-electron chi connectivity index (χ1n) is 8.76. The number of halogens is 1. The second-order valence-electron chi connectivity index (χ2n) is 5.86. The summed E-state index contributed by atoms with van der Waals surface area (Å²) < 4.78 is 16.6. The molecule has 0 aromatic heterocycles. The molecule has 1 saturated heterocycles. The molecule has 2 rings (SSSR count). The highest BCUT2D eigenvalue weighted by Crippen LogP contribution is 2.39. The van der Waals surface area contributed by atoms with Crippen LogP contribution >= 0.6 is 27.7 Å². The summed E-state index contributed by atoms with van der Waals surface area (Å²) in [5, 5.41) is -0.540. The van der Waals surface area contributed by atoms with E-state index < -0.39 is 23.7 Å². The molecule has 0 saturated carbocycles. The van der Waals surface area contributed by atoms with E-state index in [4.69, 9.17) is 20.6 Å². The maximum atomic E-state index is 12.6. The van der Waals surface area contributed by atoms with Crippen molar-refractivity contribution in [1.82, 2.24) is 4.90 Å². The van der Waals surface area contributed by atoms with E-state index in [9.17, 15) is 14.4 Å². The standard InChI is InChI=1S/C20H20BrNO6S/c1-4-6-8-27-17(23)12-22-19(24)16(29-20(22)25)10-13-9-14(21)11-15(26-3)18(13)28-7-5-2/h2,9-11H,4,6-8,12H2,1,3H3/b16-10+. The highest BCUT2D eigenvalue weighted by molar-refractivity contribution is 9.10. The Morgan fingerprint density at radius 2 is 2.14 bits per heavy atom. The van der Waals surface area contributed by atoms with Crippen LogP contribution in [0.15, 0.2) is 21.5 Å². The summed E-state index contributed by atoms with van der Waals surface area (Å²) >= 11 is 4.11. The molecule has 0 aliphatic carbocycles. The first-order chi connectivity index (χ1) is 13.9. The molecule has 2 amide bonds. The van der Waals surface area contributed by atoms with E-state index in [2.05, 4.69) is 21.9 Å². The minimum atomic E-state index is -0.621. The van der Waals surface area contributed by atoms with Gasteiger partial charge < -0.3 is 14.2 Å². The Bertz CT molecular complexity index is 876. The predicted octanol–water partition coefficient (Wildman–Crippen LogP) is 3.85. The Morgan fingerprint density at radius 1 is 1.38 bits per heavy atom. The summed E-state index contributed by atoms with van der Waals surface area (Å²) in [4.78, 5) is 37.8.